The summed E-state index contributed by atoms with van der Waals surface area (Å²) in [6.07, 6.45) is 0.0616. The number of nitrogens with two attached hydrogens (primary N) is 1. The highest BCUT2D eigenvalue weighted by Crippen LogP contribution is 2.11. The van der Waals surface area contributed by atoms with E-state index in [0.717, 1.165) is 11.5 Å². The number of amides is 1. The lowest BCUT2D eigenvalue weighted by molar-refractivity contribution is -0.106. The van der Waals surface area contributed by atoms with Crippen molar-refractivity contribution in [2.45, 2.75) is 0 Å². The van der Waals surface area contributed by atoms with Crippen molar-refractivity contribution < 1.29 is 13.2 Å². The Labute approximate surface area is 72.1 Å². The molecule has 7 nitrogen and oxygen atoms in total. The molecule has 1 rings (SSSR count). The van der Waals surface area contributed by atoms with Crippen molar-refractivity contribution in [2.24, 2.45) is 5.14 Å². The van der Waals surface area contributed by atoms with E-state index in [2.05, 4.69) is 14.7 Å². The molecule has 12 heavy (non-hydrogen) atoms. The van der Waals surface area contributed by atoms with E-state index in [1.807, 2.05) is 0 Å². The zero-order valence-corrected chi connectivity index (χ0v) is 7.25. The SMILES string of the molecule is NS(=O)(=O)N(C=O)c1csnn1. The van der Waals surface area contributed by atoms with E-state index in [1.54, 1.807) is 0 Å². The van der Waals surface area contributed by atoms with Gasteiger partial charge in [-0.25, -0.2) is 5.14 Å². The molecule has 1 aromatic rings. The quantitative estimate of drug-likeness (QED) is 0.621. The van der Waals surface area contributed by atoms with Crippen LogP contribution in [-0.2, 0) is 15.0 Å². The molecule has 0 aromatic carbocycles. The summed E-state index contributed by atoms with van der Waals surface area (Å²) >= 11 is 0.918. The lowest BCUT2D eigenvalue weighted by atomic mass is 10.8. The van der Waals surface area contributed by atoms with E-state index in [9.17, 15) is 13.2 Å². The molecule has 0 unspecified atom stereocenters. The number of anilines is 1. The maximum atomic E-state index is 10.7. The molecule has 1 heterocycles. The molecule has 1 amide bonds. The Hall–Kier alpha value is -1.06. The van der Waals surface area contributed by atoms with E-state index in [1.165, 1.54) is 5.38 Å². The summed E-state index contributed by atoms with van der Waals surface area (Å²) in [4.78, 5) is 10.3. The molecule has 0 aliphatic heterocycles. The molecule has 0 fully saturated rings. The van der Waals surface area contributed by atoms with Crippen LogP contribution in [-0.4, -0.2) is 24.4 Å². The van der Waals surface area contributed by atoms with Crippen LogP contribution in [0.3, 0.4) is 0 Å². The van der Waals surface area contributed by atoms with Crippen molar-refractivity contribution in [2.75, 3.05) is 4.31 Å². The zero-order valence-electron chi connectivity index (χ0n) is 5.61. The third kappa shape index (κ3) is 1.75. The van der Waals surface area contributed by atoms with Crippen LogP contribution >= 0.6 is 11.5 Å². The molecule has 1 aromatic heterocycles. The molecule has 0 radical (unpaired) electrons. The van der Waals surface area contributed by atoms with Gasteiger partial charge >= 0.3 is 10.2 Å². The van der Waals surface area contributed by atoms with Gasteiger partial charge in [0.15, 0.2) is 5.82 Å². The van der Waals surface area contributed by atoms with Crippen molar-refractivity contribution in [3.63, 3.8) is 0 Å². The van der Waals surface area contributed by atoms with E-state index >= 15 is 0 Å². The Morgan fingerprint density at radius 2 is 2.33 bits per heavy atom. The van der Waals surface area contributed by atoms with Crippen LogP contribution in [0.5, 0.6) is 0 Å². The highest BCUT2D eigenvalue weighted by Gasteiger charge is 2.19. The summed E-state index contributed by atoms with van der Waals surface area (Å²) in [6, 6.07) is 0. The highest BCUT2D eigenvalue weighted by atomic mass is 32.2. The van der Waals surface area contributed by atoms with Crippen molar-refractivity contribution in [3.05, 3.63) is 5.38 Å². The van der Waals surface area contributed by atoms with Crippen LogP contribution in [0.2, 0.25) is 0 Å². The minimum atomic E-state index is -4.07. The number of hydrogen-bond acceptors (Lipinski definition) is 6. The first-order valence-electron chi connectivity index (χ1n) is 2.60. The van der Waals surface area contributed by atoms with Crippen molar-refractivity contribution in [1.29, 1.82) is 0 Å². The molecule has 0 saturated heterocycles. The predicted octanol–water partition coefficient (Wildman–Crippen LogP) is -1.30. The van der Waals surface area contributed by atoms with Crippen molar-refractivity contribution >= 4 is 34.0 Å². The molecule has 0 spiro atoms. The Morgan fingerprint density at radius 3 is 2.67 bits per heavy atom. The van der Waals surface area contributed by atoms with Gasteiger partial charge in [0.25, 0.3) is 0 Å². The maximum absolute atomic E-state index is 10.7. The molecule has 0 aliphatic carbocycles. The molecular weight excluding hydrogens is 204 g/mol. The average molecular weight is 208 g/mol. The van der Waals surface area contributed by atoms with Gasteiger partial charge in [-0.1, -0.05) is 4.49 Å². The largest absolute Gasteiger partial charge is 0.306 e. The lowest BCUT2D eigenvalue weighted by Crippen LogP contribution is -2.35. The fraction of sp³-hybridized carbons (Fsp3) is 0. The zero-order chi connectivity index (χ0) is 9.19. The number of nitrogens with zero attached hydrogens (tertiary/aromatic N) is 3. The fourth-order valence-electron chi connectivity index (χ4n) is 0.500. The second-order valence-corrected chi connectivity index (χ2v) is 3.74. The van der Waals surface area contributed by atoms with Crippen LogP contribution in [0.4, 0.5) is 5.82 Å². The van der Waals surface area contributed by atoms with Gasteiger partial charge in [-0.3, -0.25) is 4.79 Å². The summed E-state index contributed by atoms with van der Waals surface area (Å²) in [7, 11) is -4.07. The van der Waals surface area contributed by atoms with Crippen LogP contribution < -0.4 is 9.44 Å². The monoisotopic (exact) mass is 208 g/mol. The van der Waals surface area contributed by atoms with E-state index in [-0.39, 0.29) is 12.2 Å². The molecule has 0 bridgehead atoms. The first-order valence-corrected chi connectivity index (χ1v) is 4.94. The Morgan fingerprint density at radius 1 is 1.67 bits per heavy atom. The minimum Gasteiger partial charge on any atom is -0.277 e. The number of hydrogen-bond donors (Lipinski definition) is 1. The molecule has 0 atom stereocenters. The number of carbonyl (C=O) groups is 1. The molecule has 0 aliphatic rings. The topological polar surface area (TPSA) is 106 Å². The molecule has 0 saturated carbocycles. The summed E-state index contributed by atoms with van der Waals surface area (Å²) in [6.45, 7) is 0. The highest BCUT2D eigenvalue weighted by molar-refractivity contribution is 7.91. The van der Waals surface area contributed by atoms with Gasteiger partial charge in [-0.05, 0) is 11.5 Å². The second kappa shape index (κ2) is 3.13. The molecular formula is C3H4N4O3S2. The smallest absolute Gasteiger partial charge is 0.277 e. The van der Waals surface area contributed by atoms with E-state index in [4.69, 9.17) is 0 Å². The molecule has 9 heteroatoms. The molecule has 66 valence electrons. The second-order valence-electron chi connectivity index (χ2n) is 1.71. The Balaban J connectivity index is 3.08. The van der Waals surface area contributed by atoms with Gasteiger partial charge in [0.1, 0.15) is 0 Å². The minimum absolute atomic E-state index is 0.0616. The summed E-state index contributed by atoms with van der Waals surface area (Å²) in [5, 5.41) is 9.33. The summed E-state index contributed by atoms with van der Waals surface area (Å²) < 4.78 is 25.0. The number of rotatable bonds is 3. The van der Waals surface area contributed by atoms with Crippen LogP contribution in [0.1, 0.15) is 0 Å². The third-order valence-corrected chi connectivity index (χ3v) is 2.26. The molecule has 2 N–H and O–H groups in total. The summed E-state index contributed by atoms with van der Waals surface area (Å²) in [5.41, 5.74) is 0. The van der Waals surface area contributed by atoms with Gasteiger partial charge in [0, 0.05) is 0 Å². The predicted molar refractivity (Wildman–Crippen MR) is 41.6 cm³/mol. The number of carbonyl (C=O) groups excluding carboxylic acids is 1. The first kappa shape index (κ1) is 9.03. The van der Waals surface area contributed by atoms with Gasteiger partial charge in [-0.2, -0.15) is 12.7 Å². The van der Waals surface area contributed by atoms with E-state index in [0.29, 0.717) is 4.31 Å². The lowest BCUT2D eigenvalue weighted by Gasteiger charge is -2.08. The third-order valence-electron chi connectivity index (χ3n) is 0.944. The fourth-order valence-corrected chi connectivity index (χ4v) is 1.47. The van der Waals surface area contributed by atoms with Gasteiger partial charge in [0.2, 0.25) is 6.41 Å². The average Bonchev–Trinajstić information content (AvgIpc) is 2.38. The van der Waals surface area contributed by atoms with Crippen LogP contribution in [0.15, 0.2) is 5.38 Å². The standard InChI is InChI=1S/C3H4N4O3S2/c4-12(9,10)7(2-8)3-1-11-6-5-3/h1-2H,(H2,4,9,10). The normalized spacial score (nSPS) is 11.1. The summed E-state index contributed by atoms with van der Waals surface area (Å²) in [5.74, 6) is -0.0995. The van der Waals surface area contributed by atoms with Crippen molar-refractivity contribution in [1.82, 2.24) is 9.59 Å². The van der Waals surface area contributed by atoms with Crippen LogP contribution in [0.25, 0.3) is 0 Å². The van der Waals surface area contributed by atoms with Crippen LogP contribution in [0, 0.1) is 0 Å². The van der Waals surface area contributed by atoms with Crippen molar-refractivity contribution in [3.8, 4) is 0 Å². The van der Waals surface area contributed by atoms with Gasteiger partial charge in [0.05, 0.1) is 5.38 Å². The Kier molecular flexibility index (Phi) is 2.35. The van der Waals surface area contributed by atoms with Gasteiger partial charge < -0.3 is 0 Å². The number of aromatic nitrogens is 2. The maximum Gasteiger partial charge on any atom is 0.306 e. The van der Waals surface area contributed by atoms with Gasteiger partial charge in [-0.15, -0.1) is 5.10 Å². The first-order chi connectivity index (χ1) is 5.55. The Bertz CT molecular complexity index is 357. The van der Waals surface area contributed by atoms with E-state index < -0.39 is 10.2 Å².